The summed E-state index contributed by atoms with van der Waals surface area (Å²) in [6.07, 6.45) is 5.75. The van der Waals surface area contributed by atoms with Crippen LogP contribution in [0.1, 0.15) is 25.7 Å². The number of benzene rings is 1. The first-order valence-corrected chi connectivity index (χ1v) is 9.65. The molecule has 3 N–H and O–H groups in total. The van der Waals surface area contributed by atoms with Crippen molar-refractivity contribution in [1.29, 1.82) is 0 Å². The molecule has 1 aromatic rings. The van der Waals surface area contributed by atoms with Gasteiger partial charge in [-0.25, -0.2) is 4.79 Å². The number of nitrogens with zero attached hydrogens (tertiary/aromatic N) is 1. The molecule has 0 fully saturated rings. The number of ether oxygens (including phenoxy) is 2. The largest absolute Gasteiger partial charge is 0.495 e. The zero-order valence-corrected chi connectivity index (χ0v) is 17.4. The molecule has 162 valence electrons. The molecule has 1 rings (SSSR count). The summed E-state index contributed by atoms with van der Waals surface area (Å²) >= 11 is 0. The number of nitrogen functional groups attached to an aromatic ring is 1. The van der Waals surface area contributed by atoms with E-state index in [1.165, 1.54) is 12.3 Å². The van der Waals surface area contributed by atoms with E-state index in [2.05, 4.69) is 28.3 Å². The molecule has 1 aromatic carbocycles. The minimum Gasteiger partial charge on any atom is -0.495 e. The van der Waals surface area contributed by atoms with E-state index in [9.17, 15) is 4.79 Å². The first-order chi connectivity index (χ1) is 14.1. The minimum atomic E-state index is -0.400. The SMILES string of the molecule is C=COOCCCCN(CCCCOC(=O)C=C)c1cc(NC)c(N)cc1OC. The lowest BCUT2D eigenvalue weighted by molar-refractivity contribution is -0.248. The predicted octanol–water partition coefficient (Wildman–Crippen LogP) is 3.51. The standard InChI is InChI=1S/C21H33N3O5/c1-5-21(25)27-13-9-7-11-24(12-8-10-14-29-28-6-2)19-16-18(23-3)17(22)15-20(19)26-4/h5-6,15-16,23H,1-2,7-14,22H2,3-4H3. The summed E-state index contributed by atoms with van der Waals surface area (Å²) in [4.78, 5) is 23.0. The second-order valence-electron chi connectivity index (χ2n) is 6.22. The number of nitrogens with two attached hydrogens (primary N) is 1. The monoisotopic (exact) mass is 407 g/mol. The van der Waals surface area contributed by atoms with Gasteiger partial charge >= 0.3 is 5.97 Å². The van der Waals surface area contributed by atoms with Gasteiger partial charge in [-0.2, -0.15) is 4.89 Å². The van der Waals surface area contributed by atoms with Crippen molar-refractivity contribution in [3.05, 3.63) is 37.6 Å². The maximum Gasteiger partial charge on any atom is 0.330 e. The lowest BCUT2D eigenvalue weighted by Crippen LogP contribution is -2.27. The van der Waals surface area contributed by atoms with Crippen LogP contribution in [-0.2, 0) is 19.3 Å². The fourth-order valence-corrected chi connectivity index (χ4v) is 2.76. The Morgan fingerprint density at radius 3 is 2.45 bits per heavy atom. The van der Waals surface area contributed by atoms with Crippen LogP contribution in [-0.4, -0.2) is 46.4 Å². The molecule has 0 unspecified atom stereocenters. The highest BCUT2D eigenvalue weighted by Gasteiger charge is 2.15. The molecule has 0 bridgehead atoms. The van der Waals surface area contributed by atoms with E-state index in [-0.39, 0.29) is 0 Å². The summed E-state index contributed by atoms with van der Waals surface area (Å²) in [6.45, 7) is 9.25. The van der Waals surface area contributed by atoms with Gasteiger partial charge in [-0.05, 0) is 31.7 Å². The number of nitrogens with one attached hydrogen (secondary N) is 1. The van der Waals surface area contributed by atoms with Crippen molar-refractivity contribution in [2.24, 2.45) is 0 Å². The van der Waals surface area contributed by atoms with Gasteiger partial charge < -0.3 is 30.3 Å². The summed E-state index contributed by atoms with van der Waals surface area (Å²) in [5.41, 5.74) is 8.49. The molecule has 0 atom stereocenters. The molecule has 0 saturated heterocycles. The molecule has 0 saturated carbocycles. The summed E-state index contributed by atoms with van der Waals surface area (Å²) in [6, 6.07) is 3.81. The van der Waals surface area contributed by atoms with E-state index in [1.54, 1.807) is 7.11 Å². The quantitative estimate of drug-likeness (QED) is 0.0818. The van der Waals surface area contributed by atoms with Crippen molar-refractivity contribution in [2.75, 3.05) is 56.4 Å². The third-order valence-electron chi connectivity index (χ3n) is 4.24. The maximum absolute atomic E-state index is 11.2. The summed E-state index contributed by atoms with van der Waals surface area (Å²) in [5.74, 6) is 0.313. The van der Waals surface area contributed by atoms with Gasteiger partial charge in [0.25, 0.3) is 0 Å². The van der Waals surface area contributed by atoms with E-state index in [1.807, 2.05) is 19.2 Å². The minimum absolute atomic E-state index is 0.367. The van der Waals surface area contributed by atoms with Gasteiger partial charge in [0.2, 0.25) is 0 Å². The predicted molar refractivity (Wildman–Crippen MR) is 116 cm³/mol. The van der Waals surface area contributed by atoms with Crippen LogP contribution in [0.5, 0.6) is 5.75 Å². The summed E-state index contributed by atoms with van der Waals surface area (Å²) < 4.78 is 10.6. The molecule has 0 amide bonds. The van der Waals surface area contributed by atoms with E-state index < -0.39 is 5.97 Å². The molecule has 0 aliphatic carbocycles. The topological polar surface area (TPSA) is 95.3 Å². The van der Waals surface area contributed by atoms with Gasteiger partial charge in [-0.3, -0.25) is 0 Å². The number of rotatable bonds is 16. The van der Waals surface area contributed by atoms with Crippen LogP contribution < -0.4 is 20.7 Å². The maximum atomic E-state index is 11.2. The van der Waals surface area contributed by atoms with Gasteiger partial charge in [0.1, 0.15) is 12.0 Å². The number of unbranched alkanes of at least 4 members (excludes halogenated alkanes) is 2. The number of anilines is 3. The normalized spacial score (nSPS) is 10.1. The second-order valence-corrected chi connectivity index (χ2v) is 6.22. The van der Waals surface area contributed by atoms with Gasteiger partial charge in [-0.15, -0.1) is 0 Å². The van der Waals surface area contributed by atoms with Crippen LogP contribution in [0.25, 0.3) is 0 Å². The molecule has 0 aromatic heterocycles. The third kappa shape index (κ3) is 8.78. The van der Waals surface area contributed by atoms with Crippen LogP contribution in [0.3, 0.4) is 0 Å². The number of esters is 1. The Morgan fingerprint density at radius 1 is 1.17 bits per heavy atom. The van der Waals surface area contributed by atoms with E-state index >= 15 is 0 Å². The smallest absolute Gasteiger partial charge is 0.330 e. The zero-order valence-electron chi connectivity index (χ0n) is 17.4. The Hall–Kier alpha value is -2.87. The number of carbonyl (C=O) groups is 1. The third-order valence-corrected chi connectivity index (χ3v) is 4.24. The molecule has 0 aliphatic rings. The Labute approximate surface area is 173 Å². The number of hydrogen-bond acceptors (Lipinski definition) is 8. The van der Waals surface area contributed by atoms with Crippen LogP contribution in [0, 0.1) is 0 Å². The number of methoxy groups -OCH3 is 1. The molecule has 29 heavy (non-hydrogen) atoms. The van der Waals surface area contributed by atoms with Gasteiger partial charge in [0.05, 0.1) is 37.4 Å². The first kappa shape index (κ1) is 24.2. The average Bonchev–Trinajstić information content (AvgIpc) is 2.74. The summed E-state index contributed by atoms with van der Waals surface area (Å²) in [7, 11) is 3.46. The van der Waals surface area contributed by atoms with Crippen LogP contribution in [0.2, 0.25) is 0 Å². The Kier molecular flexibility index (Phi) is 11.8. The Bertz CT molecular complexity index is 651. The Balaban J connectivity index is 2.76. The van der Waals surface area contributed by atoms with Crippen molar-refractivity contribution in [2.45, 2.75) is 25.7 Å². The second kappa shape index (κ2) is 14.2. The van der Waals surface area contributed by atoms with E-state index in [0.717, 1.165) is 50.1 Å². The van der Waals surface area contributed by atoms with Crippen molar-refractivity contribution in [3.8, 4) is 5.75 Å². The van der Waals surface area contributed by atoms with Crippen molar-refractivity contribution >= 4 is 23.0 Å². The fraction of sp³-hybridized carbons (Fsp3) is 0.476. The first-order valence-electron chi connectivity index (χ1n) is 9.65. The van der Waals surface area contributed by atoms with Crippen LogP contribution in [0.4, 0.5) is 17.1 Å². The lowest BCUT2D eigenvalue weighted by Gasteiger charge is -2.27. The van der Waals surface area contributed by atoms with E-state index in [0.29, 0.717) is 24.7 Å². The highest BCUT2D eigenvalue weighted by atomic mass is 17.2. The van der Waals surface area contributed by atoms with E-state index in [4.69, 9.17) is 20.1 Å². The van der Waals surface area contributed by atoms with Gasteiger partial charge in [-0.1, -0.05) is 13.2 Å². The highest BCUT2D eigenvalue weighted by Crippen LogP contribution is 2.36. The molecule has 0 spiro atoms. The van der Waals surface area contributed by atoms with Crippen LogP contribution in [0.15, 0.2) is 37.6 Å². The van der Waals surface area contributed by atoms with Crippen molar-refractivity contribution in [3.63, 3.8) is 0 Å². The summed E-state index contributed by atoms with van der Waals surface area (Å²) in [5, 5.41) is 3.11. The average molecular weight is 408 g/mol. The van der Waals surface area contributed by atoms with Gasteiger partial charge in [0.15, 0.2) is 0 Å². The van der Waals surface area contributed by atoms with Crippen LogP contribution >= 0.6 is 0 Å². The molecule has 0 heterocycles. The molecule has 8 heteroatoms. The Morgan fingerprint density at radius 2 is 1.86 bits per heavy atom. The number of hydrogen-bond donors (Lipinski definition) is 2. The van der Waals surface area contributed by atoms with Gasteiger partial charge in [0, 0.05) is 32.3 Å². The van der Waals surface area contributed by atoms with Crippen molar-refractivity contribution in [1.82, 2.24) is 0 Å². The molecule has 0 aliphatic heterocycles. The zero-order chi connectivity index (χ0) is 21.5. The molecule has 0 radical (unpaired) electrons. The lowest BCUT2D eigenvalue weighted by atomic mass is 10.1. The fourth-order valence-electron chi connectivity index (χ4n) is 2.76. The molecule has 8 nitrogen and oxygen atoms in total. The molecular formula is C21H33N3O5. The van der Waals surface area contributed by atoms with Crippen molar-refractivity contribution < 1.29 is 24.0 Å². The highest BCUT2D eigenvalue weighted by molar-refractivity contribution is 5.81. The molecular weight excluding hydrogens is 374 g/mol. The number of carbonyl (C=O) groups excluding carboxylic acids is 1.